The van der Waals surface area contributed by atoms with Gasteiger partial charge in [-0.1, -0.05) is 6.07 Å². The molecule has 1 saturated heterocycles. The molecule has 0 amide bonds. The van der Waals surface area contributed by atoms with Gasteiger partial charge >= 0.3 is 0 Å². The average Bonchev–Trinajstić information content (AvgIpc) is 2.84. The second-order valence-corrected chi connectivity index (χ2v) is 5.98. The van der Waals surface area contributed by atoms with Gasteiger partial charge in [-0.15, -0.1) is 5.10 Å². The molecule has 0 atom stereocenters. The van der Waals surface area contributed by atoms with E-state index in [1.54, 1.807) is 0 Å². The van der Waals surface area contributed by atoms with Crippen LogP contribution < -0.4 is 5.32 Å². The highest BCUT2D eigenvalue weighted by molar-refractivity contribution is 7.99. The Morgan fingerprint density at radius 2 is 2.16 bits per heavy atom. The third kappa shape index (κ3) is 3.01. The normalized spacial score (nSPS) is 16.9. The molecule has 0 aliphatic carbocycles. The fourth-order valence-electron chi connectivity index (χ4n) is 2.26. The summed E-state index contributed by atoms with van der Waals surface area (Å²) in [6, 6.07) is 6.03. The second kappa shape index (κ2) is 5.79. The first-order chi connectivity index (χ1) is 9.33. The molecule has 1 aliphatic heterocycles. The van der Waals surface area contributed by atoms with Crippen LogP contribution in [0.3, 0.4) is 0 Å². The third-order valence-electron chi connectivity index (χ3n) is 3.36. The van der Waals surface area contributed by atoms with E-state index < -0.39 is 0 Å². The van der Waals surface area contributed by atoms with Crippen LogP contribution in [0.4, 0.5) is 5.95 Å². The number of hydrogen-bond donors (Lipinski definition) is 1. The Hall–Kier alpha value is -1.27. The first-order valence-electron chi connectivity index (χ1n) is 6.69. The van der Waals surface area contributed by atoms with Crippen molar-refractivity contribution in [3.05, 3.63) is 23.9 Å². The highest BCUT2D eigenvalue weighted by Crippen LogP contribution is 2.09. The fraction of sp³-hybridized carbons (Fsp3) is 0.538. The van der Waals surface area contributed by atoms with E-state index in [-0.39, 0.29) is 0 Å². The molecule has 5 nitrogen and oxygen atoms in total. The zero-order chi connectivity index (χ0) is 13.1. The van der Waals surface area contributed by atoms with Gasteiger partial charge in [-0.3, -0.25) is 4.90 Å². The van der Waals surface area contributed by atoms with Crippen LogP contribution >= 0.6 is 11.8 Å². The second-order valence-electron chi connectivity index (χ2n) is 4.75. The van der Waals surface area contributed by atoms with Gasteiger partial charge in [-0.2, -0.15) is 16.7 Å². The molecule has 102 valence electrons. The van der Waals surface area contributed by atoms with Crippen LogP contribution in [-0.4, -0.2) is 57.2 Å². The monoisotopic (exact) mass is 277 g/mol. The van der Waals surface area contributed by atoms with Crippen LogP contribution in [0, 0.1) is 6.92 Å². The number of thioether (sulfide) groups is 1. The number of pyridine rings is 1. The van der Waals surface area contributed by atoms with Crippen molar-refractivity contribution in [1.82, 2.24) is 19.5 Å². The smallest absolute Gasteiger partial charge is 0.243 e. The van der Waals surface area contributed by atoms with Crippen LogP contribution in [0.15, 0.2) is 18.2 Å². The van der Waals surface area contributed by atoms with E-state index in [1.165, 1.54) is 24.6 Å². The largest absolute Gasteiger partial charge is 0.352 e. The van der Waals surface area contributed by atoms with E-state index in [4.69, 9.17) is 0 Å². The van der Waals surface area contributed by atoms with Crippen molar-refractivity contribution in [2.45, 2.75) is 6.92 Å². The summed E-state index contributed by atoms with van der Waals surface area (Å²) in [6.45, 7) is 6.40. The zero-order valence-corrected chi connectivity index (χ0v) is 12.0. The lowest BCUT2D eigenvalue weighted by Crippen LogP contribution is -2.36. The lowest BCUT2D eigenvalue weighted by molar-refractivity contribution is 0.314. The maximum atomic E-state index is 4.47. The number of fused-ring (bicyclic) bond motifs is 1. The molecule has 0 bridgehead atoms. The Labute approximate surface area is 117 Å². The number of aromatic nitrogens is 3. The Morgan fingerprint density at radius 3 is 2.95 bits per heavy atom. The number of anilines is 1. The van der Waals surface area contributed by atoms with Gasteiger partial charge in [-0.25, -0.2) is 4.52 Å². The number of hydrogen-bond acceptors (Lipinski definition) is 5. The number of nitrogens with one attached hydrogen (secondary N) is 1. The maximum Gasteiger partial charge on any atom is 0.243 e. The van der Waals surface area contributed by atoms with Gasteiger partial charge < -0.3 is 5.32 Å². The quantitative estimate of drug-likeness (QED) is 0.917. The molecule has 0 unspecified atom stereocenters. The van der Waals surface area contributed by atoms with Crippen molar-refractivity contribution in [2.24, 2.45) is 0 Å². The number of aryl methyl sites for hydroxylation is 1. The van der Waals surface area contributed by atoms with Crippen molar-refractivity contribution in [3.63, 3.8) is 0 Å². The van der Waals surface area contributed by atoms with Gasteiger partial charge in [0.1, 0.15) is 0 Å². The summed E-state index contributed by atoms with van der Waals surface area (Å²) in [5.74, 6) is 3.23. The standard InChI is InChI=1S/C13H19N5S/c1-11-3-2-4-12-15-13(16-18(11)12)14-5-6-17-7-9-19-10-8-17/h2-4H,5-10H2,1H3,(H,14,16). The van der Waals surface area contributed by atoms with E-state index >= 15 is 0 Å². The minimum atomic E-state index is 0.723. The van der Waals surface area contributed by atoms with Gasteiger partial charge in [-0.05, 0) is 19.1 Å². The van der Waals surface area contributed by atoms with Gasteiger partial charge in [0.2, 0.25) is 5.95 Å². The Morgan fingerprint density at radius 1 is 1.32 bits per heavy atom. The number of rotatable bonds is 4. The minimum Gasteiger partial charge on any atom is -0.352 e. The molecule has 0 aromatic carbocycles. The lowest BCUT2D eigenvalue weighted by Gasteiger charge is -2.25. The Bertz CT molecular complexity index is 547. The van der Waals surface area contributed by atoms with Crippen molar-refractivity contribution in [1.29, 1.82) is 0 Å². The van der Waals surface area contributed by atoms with Gasteiger partial charge in [0.05, 0.1) is 0 Å². The summed E-state index contributed by atoms with van der Waals surface area (Å²) >= 11 is 2.04. The van der Waals surface area contributed by atoms with E-state index in [0.717, 1.165) is 30.4 Å². The van der Waals surface area contributed by atoms with E-state index in [1.807, 2.05) is 41.4 Å². The first kappa shape index (κ1) is 12.7. The zero-order valence-electron chi connectivity index (χ0n) is 11.2. The molecule has 2 aromatic rings. The molecule has 1 aliphatic rings. The van der Waals surface area contributed by atoms with E-state index in [0.29, 0.717) is 0 Å². The molecule has 3 rings (SSSR count). The predicted octanol–water partition coefficient (Wildman–Crippen LogP) is 1.50. The van der Waals surface area contributed by atoms with Crippen molar-refractivity contribution in [2.75, 3.05) is 43.0 Å². The topological polar surface area (TPSA) is 45.5 Å². The number of nitrogens with zero attached hydrogens (tertiary/aromatic N) is 4. The summed E-state index contributed by atoms with van der Waals surface area (Å²) in [4.78, 5) is 6.96. The van der Waals surface area contributed by atoms with Gasteiger partial charge in [0, 0.05) is 43.4 Å². The average molecular weight is 277 g/mol. The first-order valence-corrected chi connectivity index (χ1v) is 7.85. The van der Waals surface area contributed by atoms with Gasteiger partial charge in [0.25, 0.3) is 0 Å². The summed E-state index contributed by atoms with van der Waals surface area (Å²) in [7, 11) is 0. The predicted molar refractivity (Wildman–Crippen MR) is 80.0 cm³/mol. The molecule has 19 heavy (non-hydrogen) atoms. The lowest BCUT2D eigenvalue weighted by atomic mass is 10.4. The molecule has 3 heterocycles. The molecule has 6 heteroatoms. The highest BCUT2D eigenvalue weighted by Gasteiger charge is 2.10. The molecule has 0 spiro atoms. The van der Waals surface area contributed by atoms with Crippen LogP contribution in [0.25, 0.3) is 5.65 Å². The van der Waals surface area contributed by atoms with Crippen LogP contribution in [-0.2, 0) is 0 Å². The summed E-state index contributed by atoms with van der Waals surface area (Å²) < 4.78 is 1.87. The molecule has 2 aromatic heterocycles. The fourth-order valence-corrected chi connectivity index (χ4v) is 3.24. The molecular weight excluding hydrogens is 258 g/mol. The van der Waals surface area contributed by atoms with E-state index in [2.05, 4.69) is 20.3 Å². The summed E-state index contributed by atoms with van der Waals surface area (Å²) in [5, 5.41) is 7.78. The molecule has 1 fully saturated rings. The molecular formula is C13H19N5S. The van der Waals surface area contributed by atoms with Crippen LogP contribution in [0.2, 0.25) is 0 Å². The van der Waals surface area contributed by atoms with Crippen molar-refractivity contribution in [3.8, 4) is 0 Å². The van der Waals surface area contributed by atoms with Crippen LogP contribution in [0.1, 0.15) is 5.69 Å². The maximum absolute atomic E-state index is 4.47. The van der Waals surface area contributed by atoms with Crippen LogP contribution in [0.5, 0.6) is 0 Å². The SMILES string of the molecule is Cc1cccc2nc(NCCN3CCSCC3)nn12. The summed E-state index contributed by atoms with van der Waals surface area (Å²) in [5.41, 5.74) is 2.00. The molecule has 0 saturated carbocycles. The van der Waals surface area contributed by atoms with E-state index in [9.17, 15) is 0 Å². The Kier molecular flexibility index (Phi) is 3.89. The minimum absolute atomic E-state index is 0.723. The van der Waals surface area contributed by atoms with Gasteiger partial charge in [0.15, 0.2) is 5.65 Å². The van der Waals surface area contributed by atoms with Crippen molar-refractivity contribution >= 4 is 23.4 Å². The third-order valence-corrected chi connectivity index (χ3v) is 4.31. The van der Waals surface area contributed by atoms with Crippen molar-refractivity contribution < 1.29 is 0 Å². The molecule has 0 radical (unpaired) electrons. The highest BCUT2D eigenvalue weighted by atomic mass is 32.2. The molecule has 1 N–H and O–H groups in total. The summed E-state index contributed by atoms with van der Waals surface area (Å²) in [6.07, 6.45) is 0. The Balaban J connectivity index is 1.57.